The Balaban J connectivity index is 1.83. The van der Waals surface area contributed by atoms with E-state index in [1.807, 2.05) is 51.1 Å². The summed E-state index contributed by atoms with van der Waals surface area (Å²) in [7, 11) is -3.69. The van der Waals surface area contributed by atoms with Crippen LogP contribution in [0.4, 0.5) is 0 Å². The van der Waals surface area contributed by atoms with Gasteiger partial charge in [-0.1, -0.05) is 36.4 Å². The molecule has 0 aromatic heterocycles. The van der Waals surface area contributed by atoms with Gasteiger partial charge < -0.3 is 9.64 Å². The summed E-state index contributed by atoms with van der Waals surface area (Å²) in [6, 6.07) is 16.1. The van der Waals surface area contributed by atoms with Gasteiger partial charge in [0.25, 0.3) is 5.91 Å². The lowest BCUT2D eigenvalue weighted by molar-refractivity contribution is -0.0440. The standard InChI is InChI=1S/C22H28N2O4S/c1-4-23(16-19-9-6-5-7-10-19)22(25)20-11-8-12-21(13-20)29(26,27)24-14-17(2)28-18(3)15-24/h5-13,17-18H,4,14-16H2,1-3H3. The van der Waals surface area contributed by atoms with Crippen LogP contribution in [0.25, 0.3) is 0 Å². The molecule has 2 aromatic carbocycles. The summed E-state index contributed by atoms with van der Waals surface area (Å²) in [6.07, 6.45) is -0.334. The largest absolute Gasteiger partial charge is 0.373 e. The van der Waals surface area contributed by atoms with E-state index >= 15 is 0 Å². The molecule has 1 aliphatic rings. The minimum Gasteiger partial charge on any atom is -0.373 e. The van der Waals surface area contributed by atoms with Gasteiger partial charge in [0, 0.05) is 31.7 Å². The zero-order valence-corrected chi connectivity index (χ0v) is 17.9. The first-order valence-corrected chi connectivity index (χ1v) is 11.3. The molecule has 2 atom stereocenters. The molecule has 0 radical (unpaired) electrons. The van der Waals surface area contributed by atoms with Gasteiger partial charge in [-0.15, -0.1) is 0 Å². The Morgan fingerprint density at radius 3 is 2.34 bits per heavy atom. The van der Waals surface area contributed by atoms with Crippen molar-refractivity contribution in [1.82, 2.24) is 9.21 Å². The van der Waals surface area contributed by atoms with Gasteiger partial charge in [0.15, 0.2) is 0 Å². The second kappa shape index (κ2) is 9.07. The van der Waals surface area contributed by atoms with Crippen molar-refractivity contribution in [2.45, 2.75) is 44.4 Å². The lowest BCUT2D eigenvalue weighted by Gasteiger charge is -2.34. The highest BCUT2D eigenvalue weighted by molar-refractivity contribution is 7.89. The third kappa shape index (κ3) is 5.04. The second-order valence-electron chi connectivity index (χ2n) is 7.41. The van der Waals surface area contributed by atoms with Crippen LogP contribution in [0.1, 0.15) is 36.7 Å². The Morgan fingerprint density at radius 1 is 1.07 bits per heavy atom. The highest BCUT2D eigenvalue weighted by Crippen LogP contribution is 2.22. The molecule has 1 fully saturated rings. The predicted octanol–water partition coefficient (Wildman–Crippen LogP) is 3.15. The van der Waals surface area contributed by atoms with Crippen LogP contribution in [-0.4, -0.2) is 55.4 Å². The van der Waals surface area contributed by atoms with Crippen molar-refractivity contribution >= 4 is 15.9 Å². The molecule has 3 rings (SSSR count). The predicted molar refractivity (Wildman–Crippen MR) is 112 cm³/mol. The number of carbonyl (C=O) groups is 1. The Bertz CT molecular complexity index is 936. The summed E-state index contributed by atoms with van der Waals surface area (Å²) in [5.41, 5.74) is 1.40. The van der Waals surface area contributed by atoms with Crippen molar-refractivity contribution in [2.24, 2.45) is 0 Å². The molecule has 1 heterocycles. The highest BCUT2D eigenvalue weighted by atomic mass is 32.2. The third-order valence-corrected chi connectivity index (χ3v) is 6.82. The second-order valence-corrected chi connectivity index (χ2v) is 9.35. The van der Waals surface area contributed by atoms with Crippen molar-refractivity contribution in [2.75, 3.05) is 19.6 Å². The Hall–Kier alpha value is -2.22. The van der Waals surface area contributed by atoms with Crippen LogP contribution < -0.4 is 0 Å². The summed E-state index contributed by atoms with van der Waals surface area (Å²) >= 11 is 0. The van der Waals surface area contributed by atoms with Gasteiger partial charge in [-0.25, -0.2) is 8.42 Å². The number of amides is 1. The van der Waals surface area contributed by atoms with Gasteiger partial charge in [-0.05, 0) is 44.5 Å². The molecule has 156 valence electrons. The van der Waals surface area contributed by atoms with Crippen molar-refractivity contribution in [1.29, 1.82) is 0 Å². The minimum atomic E-state index is -3.69. The van der Waals surface area contributed by atoms with Crippen molar-refractivity contribution in [3.63, 3.8) is 0 Å². The smallest absolute Gasteiger partial charge is 0.254 e. The first-order chi connectivity index (χ1) is 13.8. The zero-order chi connectivity index (χ0) is 21.0. The molecule has 0 saturated carbocycles. The van der Waals surface area contributed by atoms with Gasteiger partial charge in [-0.2, -0.15) is 4.31 Å². The quantitative estimate of drug-likeness (QED) is 0.726. The lowest BCUT2D eigenvalue weighted by atomic mass is 10.1. The molecule has 1 amide bonds. The number of sulfonamides is 1. The number of carbonyl (C=O) groups excluding carboxylic acids is 1. The molecule has 6 nitrogen and oxygen atoms in total. The molecule has 0 aliphatic carbocycles. The maximum Gasteiger partial charge on any atom is 0.254 e. The number of nitrogens with zero attached hydrogens (tertiary/aromatic N) is 2. The van der Waals surface area contributed by atoms with Crippen molar-refractivity contribution < 1.29 is 17.9 Å². The number of morpholine rings is 1. The average Bonchev–Trinajstić information content (AvgIpc) is 2.71. The van der Waals surface area contributed by atoms with Crippen LogP contribution >= 0.6 is 0 Å². The van der Waals surface area contributed by atoms with Gasteiger partial charge >= 0.3 is 0 Å². The van der Waals surface area contributed by atoms with E-state index in [1.54, 1.807) is 23.1 Å². The number of ether oxygens (including phenoxy) is 1. The number of rotatable bonds is 6. The fourth-order valence-electron chi connectivity index (χ4n) is 3.58. The molecule has 0 N–H and O–H groups in total. The van der Waals surface area contributed by atoms with Crippen LogP contribution in [0.15, 0.2) is 59.5 Å². The zero-order valence-electron chi connectivity index (χ0n) is 17.1. The maximum atomic E-state index is 13.1. The van der Waals surface area contributed by atoms with E-state index in [0.717, 1.165) is 5.56 Å². The van der Waals surface area contributed by atoms with E-state index < -0.39 is 10.0 Å². The van der Waals surface area contributed by atoms with Crippen LogP contribution in [0, 0.1) is 0 Å². The molecule has 1 aliphatic heterocycles. The van der Waals surface area contributed by atoms with E-state index in [2.05, 4.69) is 0 Å². The average molecular weight is 417 g/mol. The molecule has 2 aromatic rings. The molecule has 0 bridgehead atoms. The fraction of sp³-hybridized carbons (Fsp3) is 0.409. The lowest BCUT2D eigenvalue weighted by Crippen LogP contribution is -2.48. The van der Waals surface area contributed by atoms with Crippen LogP contribution in [0.2, 0.25) is 0 Å². The maximum absolute atomic E-state index is 13.1. The summed E-state index contributed by atoms with van der Waals surface area (Å²) in [6.45, 7) is 7.26. The summed E-state index contributed by atoms with van der Waals surface area (Å²) < 4.78 is 33.3. The summed E-state index contributed by atoms with van der Waals surface area (Å²) in [5.74, 6) is -0.183. The van der Waals surface area contributed by atoms with E-state index in [-0.39, 0.29) is 23.0 Å². The molecule has 0 spiro atoms. The van der Waals surface area contributed by atoms with Crippen molar-refractivity contribution in [3.8, 4) is 0 Å². The minimum absolute atomic E-state index is 0.139. The molecule has 7 heteroatoms. The molecule has 2 unspecified atom stereocenters. The number of benzene rings is 2. The molecular weight excluding hydrogens is 388 g/mol. The summed E-state index contributed by atoms with van der Waals surface area (Å²) in [4.78, 5) is 14.9. The van der Waals surface area contributed by atoms with E-state index in [0.29, 0.717) is 31.7 Å². The van der Waals surface area contributed by atoms with Crippen LogP contribution in [-0.2, 0) is 21.3 Å². The fourth-order valence-corrected chi connectivity index (χ4v) is 5.22. The van der Waals surface area contributed by atoms with E-state index in [4.69, 9.17) is 4.74 Å². The van der Waals surface area contributed by atoms with E-state index in [1.165, 1.54) is 10.4 Å². The summed E-state index contributed by atoms with van der Waals surface area (Å²) in [5, 5.41) is 0. The van der Waals surface area contributed by atoms with Gasteiger partial charge in [-0.3, -0.25) is 4.79 Å². The highest BCUT2D eigenvalue weighted by Gasteiger charge is 2.32. The first-order valence-electron chi connectivity index (χ1n) is 9.90. The number of hydrogen-bond donors (Lipinski definition) is 0. The van der Waals surface area contributed by atoms with Gasteiger partial charge in [0.1, 0.15) is 0 Å². The van der Waals surface area contributed by atoms with Crippen molar-refractivity contribution in [3.05, 3.63) is 65.7 Å². The Labute approximate surface area is 173 Å². The Kier molecular flexibility index (Phi) is 6.72. The van der Waals surface area contributed by atoms with E-state index in [9.17, 15) is 13.2 Å². The molecular formula is C22H28N2O4S. The Morgan fingerprint density at radius 2 is 1.72 bits per heavy atom. The van der Waals surface area contributed by atoms with Crippen LogP contribution in [0.3, 0.4) is 0 Å². The monoisotopic (exact) mass is 416 g/mol. The third-order valence-electron chi connectivity index (χ3n) is 4.99. The number of hydrogen-bond acceptors (Lipinski definition) is 4. The van der Waals surface area contributed by atoms with Crippen LogP contribution in [0.5, 0.6) is 0 Å². The normalized spacial score (nSPS) is 20.4. The molecule has 1 saturated heterocycles. The first kappa shape index (κ1) is 21.5. The molecule has 29 heavy (non-hydrogen) atoms. The topological polar surface area (TPSA) is 66.9 Å². The van der Waals surface area contributed by atoms with Gasteiger partial charge in [0.2, 0.25) is 10.0 Å². The SMILES string of the molecule is CCN(Cc1ccccc1)C(=O)c1cccc(S(=O)(=O)N2CC(C)OC(C)C2)c1. The van der Waals surface area contributed by atoms with Gasteiger partial charge in [0.05, 0.1) is 17.1 Å².